The van der Waals surface area contributed by atoms with Crippen molar-refractivity contribution in [3.63, 3.8) is 0 Å². The molecule has 0 saturated carbocycles. The molecule has 1 amide bonds. The molecular formula is C20H23ClN2O6S. The second-order valence-corrected chi connectivity index (χ2v) is 8.43. The molecule has 0 radical (unpaired) electrons. The van der Waals surface area contributed by atoms with E-state index in [0.29, 0.717) is 11.4 Å². The largest absolute Gasteiger partial charge is 0.497 e. The standard InChI is InChI=1S/C20H23ClN2O6S/c1-4-23(5-2)30(26,27)16-10-11-18(21)17(12-16)20(25)29-13-19(24)22-14-6-8-15(28-3)9-7-14/h6-12H,4-5,13H2,1-3H3,(H,22,24). The number of ether oxygens (including phenoxy) is 2. The van der Waals surface area contributed by atoms with Crippen molar-refractivity contribution >= 4 is 39.2 Å². The number of nitrogens with zero attached hydrogens (tertiary/aromatic N) is 1. The number of anilines is 1. The summed E-state index contributed by atoms with van der Waals surface area (Å²) in [6.07, 6.45) is 0. The highest BCUT2D eigenvalue weighted by atomic mass is 35.5. The first-order valence-electron chi connectivity index (χ1n) is 9.13. The lowest BCUT2D eigenvalue weighted by Gasteiger charge is -2.19. The number of rotatable bonds is 9. The lowest BCUT2D eigenvalue weighted by atomic mass is 10.2. The fraction of sp³-hybridized carbons (Fsp3) is 0.300. The molecule has 0 bridgehead atoms. The molecule has 8 nitrogen and oxygen atoms in total. The summed E-state index contributed by atoms with van der Waals surface area (Å²) in [4.78, 5) is 24.3. The third-order valence-corrected chi connectivity index (χ3v) is 6.58. The van der Waals surface area contributed by atoms with Crippen LogP contribution >= 0.6 is 11.6 Å². The Balaban J connectivity index is 2.08. The number of carbonyl (C=O) groups is 2. The van der Waals surface area contributed by atoms with E-state index in [0.717, 1.165) is 6.07 Å². The van der Waals surface area contributed by atoms with E-state index < -0.39 is 28.5 Å². The molecule has 0 spiro atoms. The number of benzene rings is 2. The maximum atomic E-state index is 12.7. The van der Waals surface area contributed by atoms with Crippen LogP contribution in [0.3, 0.4) is 0 Å². The average Bonchev–Trinajstić information content (AvgIpc) is 2.73. The maximum Gasteiger partial charge on any atom is 0.340 e. The Hall–Kier alpha value is -2.62. The molecule has 0 saturated heterocycles. The average molecular weight is 455 g/mol. The number of halogens is 1. The van der Waals surface area contributed by atoms with E-state index in [1.54, 1.807) is 38.1 Å². The van der Waals surface area contributed by atoms with Gasteiger partial charge in [0.1, 0.15) is 5.75 Å². The van der Waals surface area contributed by atoms with E-state index in [4.69, 9.17) is 21.1 Å². The minimum atomic E-state index is -3.77. The monoisotopic (exact) mass is 454 g/mol. The molecule has 1 N–H and O–H groups in total. The van der Waals surface area contributed by atoms with Gasteiger partial charge >= 0.3 is 5.97 Å². The molecule has 2 aromatic carbocycles. The molecule has 0 atom stereocenters. The molecule has 0 aliphatic heterocycles. The highest BCUT2D eigenvalue weighted by Crippen LogP contribution is 2.24. The highest BCUT2D eigenvalue weighted by molar-refractivity contribution is 7.89. The van der Waals surface area contributed by atoms with Crippen molar-refractivity contribution in [3.8, 4) is 5.75 Å². The Bertz CT molecular complexity index is 1000. The second kappa shape index (κ2) is 10.4. The molecule has 0 aliphatic carbocycles. The summed E-state index contributed by atoms with van der Waals surface area (Å²) in [7, 11) is -2.25. The van der Waals surface area contributed by atoms with Crippen LogP contribution in [-0.4, -0.2) is 51.4 Å². The summed E-state index contributed by atoms with van der Waals surface area (Å²) in [5.74, 6) is -0.827. The third-order valence-electron chi connectivity index (χ3n) is 4.21. The Morgan fingerprint density at radius 3 is 2.27 bits per heavy atom. The van der Waals surface area contributed by atoms with E-state index in [1.807, 2.05) is 0 Å². The predicted octanol–water partition coefficient (Wildman–Crippen LogP) is 3.17. The van der Waals surface area contributed by atoms with Crippen molar-refractivity contribution < 1.29 is 27.5 Å². The number of nitrogens with one attached hydrogen (secondary N) is 1. The molecule has 2 rings (SSSR count). The van der Waals surface area contributed by atoms with Crippen LogP contribution in [0.4, 0.5) is 5.69 Å². The summed E-state index contributed by atoms with van der Waals surface area (Å²) in [5, 5.41) is 2.60. The van der Waals surface area contributed by atoms with Gasteiger partial charge in [-0.15, -0.1) is 0 Å². The lowest BCUT2D eigenvalue weighted by molar-refractivity contribution is -0.119. The van der Waals surface area contributed by atoms with Crippen LogP contribution in [-0.2, 0) is 19.6 Å². The van der Waals surface area contributed by atoms with Crippen LogP contribution in [0.2, 0.25) is 5.02 Å². The molecule has 10 heteroatoms. The number of methoxy groups -OCH3 is 1. The number of hydrogen-bond donors (Lipinski definition) is 1. The molecule has 0 fully saturated rings. The zero-order chi connectivity index (χ0) is 22.3. The molecule has 162 valence electrons. The highest BCUT2D eigenvalue weighted by Gasteiger charge is 2.24. The van der Waals surface area contributed by atoms with Crippen molar-refractivity contribution in [2.24, 2.45) is 0 Å². The van der Waals surface area contributed by atoms with Crippen molar-refractivity contribution in [3.05, 3.63) is 53.1 Å². The van der Waals surface area contributed by atoms with Gasteiger partial charge in [0.15, 0.2) is 6.61 Å². The zero-order valence-electron chi connectivity index (χ0n) is 16.8. The zero-order valence-corrected chi connectivity index (χ0v) is 18.4. The van der Waals surface area contributed by atoms with Gasteiger partial charge in [-0.1, -0.05) is 25.4 Å². The van der Waals surface area contributed by atoms with Gasteiger partial charge in [-0.3, -0.25) is 4.79 Å². The lowest BCUT2D eigenvalue weighted by Crippen LogP contribution is -2.30. The summed E-state index contributed by atoms with van der Waals surface area (Å²) >= 11 is 6.04. The fourth-order valence-electron chi connectivity index (χ4n) is 2.61. The summed E-state index contributed by atoms with van der Waals surface area (Å²) in [6.45, 7) is 3.44. The Labute approximate surface area is 180 Å². The molecule has 0 unspecified atom stereocenters. The van der Waals surface area contributed by atoms with Gasteiger partial charge in [0, 0.05) is 18.8 Å². The van der Waals surface area contributed by atoms with E-state index >= 15 is 0 Å². The van der Waals surface area contributed by atoms with Crippen LogP contribution < -0.4 is 10.1 Å². The molecule has 0 heterocycles. The van der Waals surface area contributed by atoms with Crippen LogP contribution in [0, 0.1) is 0 Å². The topological polar surface area (TPSA) is 102 Å². The first-order chi connectivity index (χ1) is 14.2. The van der Waals surface area contributed by atoms with Gasteiger partial charge in [0.2, 0.25) is 10.0 Å². The number of sulfonamides is 1. The minimum absolute atomic E-state index is 0.0223. The molecular weight excluding hydrogens is 432 g/mol. The normalized spacial score (nSPS) is 11.2. The Morgan fingerprint density at radius 1 is 1.07 bits per heavy atom. The van der Waals surface area contributed by atoms with E-state index in [1.165, 1.54) is 23.5 Å². The summed E-state index contributed by atoms with van der Waals surface area (Å²) in [6, 6.07) is 10.4. The first-order valence-corrected chi connectivity index (χ1v) is 11.0. The number of amides is 1. The summed E-state index contributed by atoms with van der Waals surface area (Å²) in [5.41, 5.74) is 0.365. The predicted molar refractivity (Wildman–Crippen MR) is 113 cm³/mol. The van der Waals surface area contributed by atoms with E-state index in [9.17, 15) is 18.0 Å². The quantitative estimate of drug-likeness (QED) is 0.584. The second-order valence-electron chi connectivity index (χ2n) is 6.08. The smallest absolute Gasteiger partial charge is 0.340 e. The van der Waals surface area contributed by atoms with Crippen LogP contribution in [0.15, 0.2) is 47.4 Å². The van der Waals surface area contributed by atoms with Gasteiger partial charge in [0.25, 0.3) is 5.91 Å². The van der Waals surface area contributed by atoms with Gasteiger partial charge in [-0.2, -0.15) is 4.31 Å². The van der Waals surface area contributed by atoms with Crippen LogP contribution in [0.25, 0.3) is 0 Å². The molecule has 2 aromatic rings. The van der Waals surface area contributed by atoms with Crippen molar-refractivity contribution in [2.45, 2.75) is 18.7 Å². The van der Waals surface area contributed by atoms with Gasteiger partial charge in [-0.25, -0.2) is 13.2 Å². The van der Waals surface area contributed by atoms with Gasteiger partial charge < -0.3 is 14.8 Å². The van der Waals surface area contributed by atoms with Crippen molar-refractivity contribution in [1.82, 2.24) is 4.31 Å². The van der Waals surface area contributed by atoms with E-state index in [2.05, 4.69) is 5.32 Å². The molecule has 0 aliphatic rings. The van der Waals surface area contributed by atoms with Gasteiger partial charge in [0.05, 0.1) is 22.6 Å². The minimum Gasteiger partial charge on any atom is -0.497 e. The van der Waals surface area contributed by atoms with Crippen LogP contribution in [0.5, 0.6) is 5.75 Å². The summed E-state index contributed by atoms with van der Waals surface area (Å²) < 4.78 is 36.6. The number of esters is 1. The Kier molecular flexibility index (Phi) is 8.22. The van der Waals surface area contributed by atoms with Crippen molar-refractivity contribution in [1.29, 1.82) is 0 Å². The van der Waals surface area contributed by atoms with Crippen molar-refractivity contribution in [2.75, 3.05) is 32.1 Å². The number of carbonyl (C=O) groups excluding carboxylic acids is 2. The fourth-order valence-corrected chi connectivity index (χ4v) is 4.29. The maximum absolute atomic E-state index is 12.7. The van der Waals surface area contributed by atoms with E-state index in [-0.39, 0.29) is 28.6 Å². The SMILES string of the molecule is CCN(CC)S(=O)(=O)c1ccc(Cl)c(C(=O)OCC(=O)Nc2ccc(OC)cc2)c1. The molecule has 30 heavy (non-hydrogen) atoms. The van der Waals surface area contributed by atoms with Gasteiger partial charge in [-0.05, 0) is 42.5 Å². The molecule has 0 aromatic heterocycles. The number of hydrogen-bond acceptors (Lipinski definition) is 6. The third kappa shape index (κ3) is 5.71. The van der Waals surface area contributed by atoms with Crippen LogP contribution in [0.1, 0.15) is 24.2 Å². The first kappa shape index (κ1) is 23.7. The Morgan fingerprint density at radius 2 is 1.70 bits per heavy atom.